The predicted molar refractivity (Wildman–Crippen MR) is 60.7 cm³/mol. The standard InChI is InChI=1S/C10H16ClN3O2/c1-7(8-3-5-15-6-8)12-10-14-13-9(16-10)2-4-11/h7-8H,2-6H2,1H3,(H,12,14). The fraction of sp³-hybridized carbons (Fsp3) is 0.800. The van der Waals surface area contributed by atoms with E-state index in [9.17, 15) is 0 Å². The third kappa shape index (κ3) is 2.86. The van der Waals surface area contributed by atoms with Crippen molar-refractivity contribution in [3.63, 3.8) is 0 Å². The Labute approximate surface area is 99.5 Å². The molecule has 2 rings (SSSR count). The second kappa shape index (κ2) is 5.50. The Hall–Kier alpha value is -0.810. The van der Waals surface area contributed by atoms with Gasteiger partial charge < -0.3 is 14.5 Å². The van der Waals surface area contributed by atoms with Gasteiger partial charge in [0.25, 0.3) is 0 Å². The lowest BCUT2D eigenvalue weighted by Crippen LogP contribution is -2.26. The lowest BCUT2D eigenvalue weighted by atomic mass is 10.0. The van der Waals surface area contributed by atoms with Crippen molar-refractivity contribution < 1.29 is 9.15 Å². The second-order valence-electron chi connectivity index (χ2n) is 4.00. The molecule has 16 heavy (non-hydrogen) atoms. The quantitative estimate of drug-likeness (QED) is 0.800. The lowest BCUT2D eigenvalue weighted by molar-refractivity contribution is 0.183. The molecule has 5 nitrogen and oxygen atoms in total. The zero-order valence-corrected chi connectivity index (χ0v) is 10.0. The monoisotopic (exact) mass is 245 g/mol. The summed E-state index contributed by atoms with van der Waals surface area (Å²) in [5, 5.41) is 11.0. The molecule has 1 aliphatic rings. The van der Waals surface area contributed by atoms with Crippen molar-refractivity contribution >= 4 is 17.6 Å². The highest BCUT2D eigenvalue weighted by atomic mass is 35.5. The fourth-order valence-corrected chi connectivity index (χ4v) is 1.92. The van der Waals surface area contributed by atoms with Crippen molar-refractivity contribution in [1.82, 2.24) is 10.2 Å². The smallest absolute Gasteiger partial charge is 0.315 e. The highest BCUT2D eigenvalue weighted by Gasteiger charge is 2.23. The Bertz CT molecular complexity index is 326. The van der Waals surface area contributed by atoms with Gasteiger partial charge in [-0.25, -0.2) is 0 Å². The first-order valence-corrected chi connectivity index (χ1v) is 6.05. The van der Waals surface area contributed by atoms with E-state index in [2.05, 4.69) is 22.4 Å². The van der Waals surface area contributed by atoms with Crippen molar-refractivity contribution in [3.05, 3.63) is 5.89 Å². The van der Waals surface area contributed by atoms with E-state index in [4.69, 9.17) is 20.8 Å². The average molecular weight is 246 g/mol. The van der Waals surface area contributed by atoms with E-state index >= 15 is 0 Å². The largest absolute Gasteiger partial charge is 0.408 e. The van der Waals surface area contributed by atoms with Gasteiger partial charge in [0.2, 0.25) is 5.89 Å². The van der Waals surface area contributed by atoms with Gasteiger partial charge in [0.15, 0.2) is 0 Å². The molecule has 0 saturated carbocycles. The Morgan fingerprint density at radius 3 is 3.12 bits per heavy atom. The van der Waals surface area contributed by atoms with E-state index < -0.39 is 0 Å². The van der Waals surface area contributed by atoms with Crippen LogP contribution in [0.4, 0.5) is 6.01 Å². The van der Waals surface area contributed by atoms with Crippen LogP contribution in [0.1, 0.15) is 19.2 Å². The molecule has 0 amide bonds. The summed E-state index contributed by atoms with van der Waals surface area (Å²) in [6, 6.07) is 0.756. The van der Waals surface area contributed by atoms with Crippen LogP contribution >= 0.6 is 11.6 Å². The highest BCUT2D eigenvalue weighted by molar-refractivity contribution is 6.17. The average Bonchev–Trinajstić information content (AvgIpc) is 2.89. The molecule has 0 aromatic carbocycles. The van der Waals surface area contributed by atoms with Crippen LogP contribution in [-0.4, -0.2) is 35.3 Å². The van der Waals surface area contributed by atoms with Crippen molar-refractivity contribution in [3.8, 4) is 0 Å². The summed E-state index contributed by atoms with van der Waals surface area (Å²) in [5.41, 5.74) is 0. The lowest BCUT2D eigenvalue weighted by Gasteiger charge is -2.17. The van der Waals surface area contributed by atoms with Crippen LogP contribution < -0.4 is 5.32 Å². The summed E-state index contributed by atoms with van der Waals surface area (Å²) in [6.07, 6.45) is 1.69. The van der Waals surface area contributed by atoms with Gasteiger partial charge in [-0.05, 0) is 13.3 Å². The first kappa shape index (κ1) is 11.7. The van der Waals surface area contributed by atoms with Crippen LogP contribution in [0.15, 0.2) is 4.42 Å². The van der Waals surface area contributed by atoms with Crippen LogP contribution in [0.5, 0.6) is 0 Å². The minimum atomic E-state index is 0.284. The Kier molecular flexibility index (Phi) is 4.01. The van der Waals surface area contributed by atoms with Crippen LogP contribution in [0.2, 0.25) is 0 Å². The molecule has 1 N–H and O–H groups in total. The number of nitrogens with one attached hydrogen (secondary N) is 1. The SMILES string of the molecule is CC(Nc1nnc(CCCl)o1)C1CCOC1. The summed E-state index contributed by atoms with van der Waals surface area (Å²) in [7, 11) is 0. The van der Waals surface area contributed by atoms with Gasteiger partial charge in [-0.3, -0.25) is 0 Å². The maximum Gasteiger partial charge on any atom is 0.315 e. The number of aromatic nitrogens is 2. The van der Waals surface area contributed by atoms with E-state index in [1.165, 1.54) is 0 Å². The first-order chi connectivity index (χ1) is 7.79. The maximum absolute atomic E-state index is 5.59. The van der Waals surface area contributed by atoms with Crippen molar-refractivity contribution in [1.29, 1.82) is 0 Å². The molecule has 2 unspecified atom stereocenters. The van der Waals surface area contributed by atoms with Crippen LogP contribution in [0.3, 0.4) is 0 Å². The summed E-state index contributed by atoms with van der Waals surface area (Å²) >= 11 is 5.59. The van der Waals surface area contributed by atoms with Crippen LogP contribution in [0.25, 0.3) is 0 Å². The minimum Gasteiger partial charge on any atom is -0.408 e. The van der Waals surface area contributed by atoms with E-state index in [0.717, 1.165) is 19.6 Å². The normalized spacial score (nSPS) is 22.2. The van der Waals surface area contributed by atoms with Crippen molar-refractivity contribution in [2.45, 2.75) is 25.8 Å². The number of aryl methyl sites for hydroxylation is 1. The molecule has 6 heteroatoms. The molecule has 0 aliphatic carbocycles. The number of ether oxygens (including phenoxy) is 1. The Morgan fingerprint density at radius 1 is 1.56 bits per heavy atom. The molecule has 1 aliphatic heterocycles. The Morgan fingerprint density at radius 2 is 2.44 bits per heavy atom. The minimum absolute atomic E-state index is 0.284. The van der Waals surface area contributed by atoms with Crippen LogP contribution in [0, 0.1) is 5.92 Å². The summed E-state index contributed by atoms with van der Waals surface area (Å²) in [6.45, 7) is 3.75. The van der Waals surface area contributed by atoms with Gasteiger partial charge in [0.05, 0.1) is 6.61 Å². The van der Waals surface area contributed by atoms with E-state index in [0.29, 0.717) is 30.1 Å². The molecule has 2 atom stereocenters. The third-order valence-corrected chi connectivity index (χ3v) is 2.99. The third-order valence-electron chi connectivity index (χ3n) is 2.80. The molecule has 0 bridgehead atoms. The number of nitrogens with zero attached hydrogens (tertiary/aromatic N) is 2. The summed E-state index contributed by atoms with van der Waals surface area (Å²) < 4.78 is 10.7. The zero-order chi connectivity index (χ0) is 11.4. The molecule has 1 saturated heterocycles. The zero-order valence-electron chi connectivity index (χ0n) is 9.28. The summed E-state index contributed by atoms with van der Waals surface area (Å²) in [4.78, 5) is 0. The fourth-order valence-electron chi connectivity index (χ4n) is 1.75. The topological polar surface area (TPSA) is 60.2 Å². The van der Waals surface area contributed by atoms with E-state index in [1.54, 1.807) is 0 Å². The molecule has 1 fully saturated rings. The van der Waals surface area contributed by atoms with Crippen molar-refractivity contribution in [2.24, 2.45) is 5.92 Å². The molecule has 0 spiro atoms. The number of rotatable bonds is 5. The van der Waals surface area contributed by atoms with Gasteiger partial charge in [-0.15, -0.1) is 16.7 Å². The van der Waals surface area contributed by atoms with Gasteiger partial charge >= 0.3 is 6.01 Å². The number of halogens is 1. The highest BCUT2D eigenvalue weighted by Crippen LogP contribution is 2.19. The Balaban J connectivity index is 1.87. The molecular weight excluding hydrogens is 230 g/mol. The molecule has 2 heterocycles. The molecule has 90 valence electrons. The number of hydrogen-bond acceptors (Lipinski definition) is 5. The maximum atomic E-state index is 5.59. The van der Waals surface area contributed by atoms with E-state index in [1.807, 2.05) is 0 Å². The van der Waals surface area contributed by atoms with Gasteiger partial charge in [0.1, 0.15) is 0 Å². The van der Waals surface area contributed by atoms with E-state index in [-0.39, 0.29) is 6.04 Å². The number of anilines is 1. The second-order valence-corrected chi connectivity index (χ2v) is 4.37. The van der Waals surface area contributed by atoms with Gasteiger partial charge in [-0.2, -0.15) is 0 Å². The number of alkyl halides is 1. The molecule has 1 aromatic heterocycles. The van der Waals surface area contributed by atoms with Crippen LogP contribution in [-0.2, 0) is 11.2 Å². The van der Waals surface area contributed by atoms with Crippen molar-refractivity contribution in [2.75, 3.05) is 24.4 Å². The molecule has 0 radical (unpaired) electrons. The predicted octanol–water partition coefficient (Wildman–Crippen LogP) is 1.69. The molecular formula is C10H16ClN3O2. The first-order valence-electron chi connectivity index (χ1n) is 5.52. The molecule has 1 aromatic rings. The summed E-state index contributed by atoms with van der Waals surface area (Å²) in [5.74, 6) is 1.59. The van der Waals surface area contributed by atoms with Gasteiger partial charge in [-0.1, -0.05) is 5.10 Å². The van der Waals surface area contributed by atoms with Gasteiger partial charge in [0, 0.05) is 30.9 Å². The number of hydrogen-bond donors (Lipinski definition) is 1.